The van der Waals surface area contributed by atoms with E-state index in [1.54, 1.807) is 14.2 Å². The molecule has 0 spiro atoms. The summed E-state index contributed by atoms with van der Waals surface area (Å²) in [6, 6.07) is 0. The van der Waals surface area contributed by atoms with Crippen LogP contribution >= 0.6 is 0 Å². The summed E-state index contributed by atoms with van der Waals surface area (Å²) in [6.45, 7) is 14.0. The molecule has 0 radical (unpaired) electrons. The molecule has 0 N–H and O–H groups in total. The number of hydrogen-bond donors (Lipinski definition) is 0. The van der Waals surface area contributed by atoms with E-state index in [1.165, 1.54) is 70.6 Å². The second-order valence-corrected chi connectivity index (χ2v) is 12.3. The Labute approximate surface area is 200 Å². The SMILES string of the molecule is CC.CC(C)CC[C@H]1C[C@@H]2[C@@H](CC3[C@H]4CC=C5CCCCC5(C)C4CC[C@]32C)O1.COC. The van der Waals surface area contributed by atoms with Crippen LogP contribution in [0.5, 0.6) is 0 Å². The van der Waals surface area contributed by atoms with Crippen molar-refractivity contribution in [3.63, 3.8) is 0 Å². The highest BCUT2D eigenvalue weighted by molar-refractivity contribution is 5.25. The molecule has 1 saturated heterocycles. The molecule has 2 nitrogen and oxygen atoms in total. The van der Waals surface area contributed by atoms with Crippen molar-refractivity contribution in [1.82, 2.24) is 0 Å². The maximum atomic E-state index is 6.69. The Morgan fingerprint density at radius 3 is 2.44 bits per heavy atom. The summed E-state index contributed by atoms with van der Waals surface area (Å²) in [5.74, 6) is 4.50. The molecular weight excluding hydrogens is 392 g/mol. The van der Waals surface area contributed by atoms with Crippen molar-refractivity contribution in [3.05, 3.63) is 11.6 Å². The average molecular weight is 447 g/mol. The van der Waals surface area contributed by atoms with Gasteiger partial charge in [0.1, 0.15) is 0 Å². The van der Waals surface area contributed by atoms with Crippen molar-refractivity contribution in [2.24, 2.45) is 40.4 Å². The first-order valence-electron chi connectivity index (χ1n) is 14.1. The fraction of sp³-hybridized carbons (Fsp3) is 0.933. The summed E-state index contributed by atoms with van der Waals surface area (Å²) in [6.07, 6.45) is 19.3. The summed E-state index contributed by atoms with van der Waals surface area (Å²) in [4.78, 5) is 0. The van der Waals surface area contributed by atoms with Crippen LogP contribution in [0.25, 0.3) is 0 Å². The molecule has 1 aliphatic heterocycles. The summed E-state index contributed by atoms with van der Waals surface area (Å²) in [5.41, 5.74) is 2.96. The topological polar surface area (TPSA) is 18.5 Å². The lowest BCUT2D eigenvalue weighted by Crippen LogP contribution is -2.49. The molecule has 32 heavy (non-hydrogen) atoms. The van der Waals surface area contributed by atoms with Crippen molar-refractivity contribution < 1.29 is 9.47 Å². The van der Waals surface area contributed by atoms with E-state index in [9.17, 15) is 0 Å². The first-order valence-corrected chi connectivity index (χ1v) is 14.1. The van der Waals surface area contributed by atoms with E-state index in [1.807, 2.05) is 19.4 Å². The normalized spacial score (nSPS) is 44.1. The van der Waals surface area contributed by atoms with Gasteiger partial charge >= 0.3 is 0 Å². The van der Waals surface area contributed by atoms with Gasteiger partial charge < -0.3 is 9.47 Å². The largest absolute Gasteiger partial charge is 0.388 e. The zero-order chi connectivity index (χ0) is 23.5. The minimum atomic E-state index is 0.543. The maximum Gasteiger partial charge on any atom is 0.0616 e. The third kappa shape index (κ3) is 4.74. The molecule has 4 aliphatic carbocycles. The quantitative estimate of drug-likeness (QED) is 0.405. The van der Waals surface area contributed by atoms with Crippen LogP contribution in [0.2, 0.25) is 0 Å². The van der Waals surface area contributed by atoms with Crippen LogP contribution in [-0.2, 0) is 9.47 Å². The Balaban J connectivity index is 0.000000536. The van der Waals surface area contributed by atoms with Gasteiger partial charge in [0.15, 0.2) is 0 Å². The number of rotatable bonds is 3. The van der Waals surface area contributed by atoms with E-state index < -0.39 is 0 Å². The molecule has 0 amide bonds. The first-order chi connectivity index (χ1) is 15.3. The molecular formula is C30H54O2. The molecule has 5 rings (SSSR count). The smallest absolute Gasteiger partial charge is 0.0616 e. The van der Waals surface area contributed by atoms with Gasteiger partial charge in [-0.2, -0.15) is 0 Å². The lowest BCUT2D eigenvalue weighted by atomic mass is 9.47. The summed E-state index contributed by atoms with van der Waals surface area (Å²) >= 11 is 0. The highest BCUT2D eigenvalue weighted by atomic mass is 16.5. The first kappa shape index (κ1) is 26.3. The average Bonchev–Trinajstić information content (AvgIpc) is 3.30. The van der Waals surface area contributed by atoms with Crippen LogP contribution in [0.1, 0.15) is 112 Å². The number of methoxy groups -OCH3 is 1. The molecule has 3 saturated carbocycles. The van der Waals surface area contributed by atoms with Gasteiger partial charge in [0.2, 0.25) is 0 Å². The van der Waals surface area contributed by atoms with E-state index in [2.05, 4.69) is 38.5 Å². The van der Waals surface area contributed by atoms with Crippen molar-refractivity contribution in [1.29, 1.82) is 0 Å². The third-order valence-corrected chi connectivity index (χ3v) is 10.2. The Bertz CT molecular complexity index is 624. The fourth-order valence-corrected chi connectivity index (χ4v) is 8.65. The van der Waals surface area contributed by atoms with Gasteiger partial charge in [-0.25, -0.2) is 0 Å². The number of ether oxygens (including phenoxy) is 2. The van der Waals surface area contributed by atoms with Crippen LogP contribution in [0.15, 0.2) is 11.6 Å². The highest BCUT2D eigenvalue weighted by Crippen LogP contribution is 2.68. The number of fused-ring (bicyclic) bond motifs is 7. The predicted octanol–water partition coefficient (Wildman–Crippen LogP) is 8.45. The molecule has 186 valence electrons. The van der Waals surface area contributed by atoms with Gasteiger partial charge in [-0.1, -0.05) is 59.6 Å². The van der Waals surface area contributed by atoms with Crippen molar-refractivity contribution in [2.45, 2.75) is 124 Å². The minimum Gasteiger partial charge on any atom is -0.388 e. The summed E-state index contributed by atoms with van der Waals surface area (Å²) in [5, 5.41) is 0. The van der Waals surface area contributed by atoms with Crippen LogP contribution < -0.4 is 0 Å². The molecule has 8 atom stereocenters. The van der Waals surface area contributed by atoms with Crippen molar-refractivity contribution in [3.8, 4) is 0 Å². The lowest BCUT2D eigenvalue weighted by molar-refractivity contribution is -0.0433. The van der Waals surface area contributed by atoms with E-state index in [0.29, 0.717) is 23.0 Å². The van der Waals surface area contributed by atoms with Crippen LogP contribution in [-0.4, -0.2) is 26.4 Å². The van der Waals surface area contributed by atoms with Gasteiger partial charge in [0.25, 0.3) is 0 Å². The van der Waals surface area contributed by atoms with Crippen LogP contribution in [0, 0.1) is 40.4 Å². The van der Waals surface area contributed by atoms with Gasteiger partial charge in [0, 0.05) is 14.2 Å². The molecule has 3 unspecified atom stereocenters. The van der Waals surface area contributed by atoms with E-state index in [4.69, 9.17) is 4.74 Å². The monoisotopic (exact) mass is 446 g/mol. The third-order valence-electron chi connectivity index (χ3n) is 10.2. The fourth-order valence-electron chi connectivity index (χ4n) is 8.65. The Hall–Kier alpha value is -0.340. The molecule has 2 heteroatoms. The number of hydrogen-bond acceptors (Lipinski definition) is 2. The van der Waals surface area contributed by atoms with Crippen molar-refractivity contribution >= 4 is 0 Å². The van der Waals surface area contributed by atoms with Gasteiger partial charge in [0.05, 0.1) is 12.2 Å². The molecule has 0 aromatic heterocycles. The molecule has 1 heterocycles. The predicted molar refractivity (Wildman–Crippen MR) is 137 cm³/mol. The summed E-state index contributed by atoms with van der Waals surface area (Å²) in [7, 11) is 3.25. The Kier molecular flexibility index (Phi) is 8.98. The van der Waals surface area contributed by atoms with E-state index in [-0.39, 0.29) is 0 Å². The Morgan fingerprint density at radius 1 is 1.03 bits per heavy atom. The minimum absolute atomic E-state index is 0.543. The molecule has 0 bridgehead atoms. The Morgan fingerprint density at radius 2 is 1.75 bits per heavy atom. The summed E-state index contributed by atoms with van der Waals surface area (Å²) < 4.78 is 10.9. The van der Waals surface area contributed by atoms with Crippen molar-refractivity contribution in [2.75, 3.05) is 14.2 Å². The van der Waals surface area contributed by atoms with Crippen LogP contribution in [0.4, 0.5) is 0 Å². The molecule has 5 aliphatic rings. The zero-order valence-corrected chi connectivity index (χ0v) is 22.7. The zero-order valence-electron chi connectivity index (χ0n) is 22.7. The van der Waals surface area contributed by atoms with Gasteiger partial charge in [-0.05, 0) is 105 Å². The standard InChI is InChI=1S/C26H42O.C2H6O.C2H6/c1-17(2)8-10-19-15-23-24(27-19)16-22-20-11-9-18-7-5-6-13-25(18,3)21(20)12-14-26(22,23)4;1-3-2;1-2/h9,17,19-24H,5-8,10-16H2,1-4H3;1-2H3;1-2H3/t19-,20-,21?,22?,23+,24+,25?,26+;;/m0../s1. The second-order valence-electron chi connectivity index (χ2n) is 12.3. The van der Waals surface area contributed by atoms with Gasteiger partial charge in [-0.15, -0.1) is 0 Å². The van der Waals surface area contributed by atoms with E-state index in [0.717, 1.165) is 29.6 Å². The molecule has 4 fully saturated rings. The number of allylic oxidation sites excluding steroid dienone is 2. The van der Waals surface area contributed by atoms with Gasteiger partial charge in [-0.3, -0.25) is 0 Å². The lowest BCUT2D eigenvalue weighted by Gasteiger charge is -2.57. The maximum absolute atomic E-state index is 6.69. The molecule has 0 aromatic carbocycles. The molecule has 0 aromatic rings. The second kappa shape index (κ2) is 10.9. The van der Waals surface area contributed by atoms with E-state index >= 15 is 0 Å². The van der Waals surface area contributed by atoms with Crippen LogP contribution in [0.3, 0.4) is 0 Å². The highest BCUT2D eigenvalue weighted by Gasteiger charge is 2.62.